The van der Waals surface area contributed by atoms with Crippen molar-refractivity contribution in [2.45, 2.75) is 19.8 Å². The molecule has 1 amide bonds. The maximum atomic E-state index is 14.3. The third-order valence-electron chi connectivity index (χ3n) is 4.83. The average molecular weight is 350 g/mol. The highest BCUT2D eigenvalue weighted by atomic mass is 19.1. The molecule has 0 atom stereocenters. The molecule has 0 radical (unpaired) electrons. The van der Waals surface area contributed by atoms with Crippen molar-refractivity contribution in [2.75, 3.05) is 18.6 Å². The zero-order chi connectivity index (χ0) is 18.3. The van der Waals surface area contributed by atoms with Gasteiger partial charge in [-0.25, -0.2) is 9.37 Å². The predicted octanol–water partition coefficient (Wildman–Crippen LogP) is 4.48. The molecule has 26 heavy (non-hydrogen) atoms. The quantitative estimate of drug-likeness (QED) is 0.699. The molecule has 0 saturated carbocycles. The van der Waals surface area contributed by atoms with Gasteiger partial charge in [-0.15, -0.1) is 0 Å². The van der Waals surface area contributed by atoms with E-state index in [1.165, 1.54) is 6.07 Å². The molecule has 1 fully saturated rings. The van der Waals surface area contributed by atoms with Gasteiger partial charge in [0.15, 0.2) is 0 Å². The van der Waals surface area contributed by atoms with E-state index >= 15 is 0 Å². The van der Waals surface area contributed by atoms with E-state index in [0.717, 1.165) is 35.1 Å². The minimum atomic E-state index is -0.337. The van der Waals surface area contributed by atoms with Crippen LogP contribution in [0.25, 0.3) is 22.2 Å². The topological polar surface area (TPSA) is 42.4 Å². The van der Waals surface area contributed by atoms with Gasteiger partial charge in [0.1, 0.15) is 11.6 Å². The van der Waals surface area contributed by atoms with Crippen molar-refractivity contribution in [2.24, 2.45) is 0 Å². The van der Waals surface area contributed by atoms with E-state index in [1.54, 1.807) is 19.2 Å². The zero-order valence-electron chi connectivity index (χ0n) is 14.8. The number of hydrogen-bond donors (Lipinski definition) is 0. The molecule has 1 saturated heterocycles. The largest absolute Gasteiger partial charge is 0.497 e. The van der Waals surface area contributed by atoms with Gasteiger partial charge in [-0.1, -0.05) is 0 Å². The number of carbonyl (C=O) groups excluding carboxylic acids is 1. The highest BCUT2D eigenvalue weighted by Gasteiger charge is 2.22. The van der Waals surface area contributed by atoms with Crippen LogP contribution >= 0.6 is 0 Å². The lowest BCUT2D eigenvalue weighted by Gasteiger charge is -2.17. The number of nitrogens with zero attached hydrogens (tertiary/aromatic N) is 2. The summed E-state index contributed by atoms with van der Waals surface area (Å²) in [6.45, 7) is 2.73. The molecular weight excluding hydrogens is 331 g/mol. The summed E-state index contributed by atoms with van der Waals surface area (Å²) < 4.78 is 19.5. The molecular formula is C21H19FN2O2. The zero-order valence-corrected chi connectivity index (χ0v) is 14.8. The lowest BCUT2D eigenvalue weighted by atomic mass is 10.0. The van der Waals surface area contributed by atoms with Gasteiger partial charge in [0.05, 0.1) is 18.3 Å². The van der Waals surface area contributed by atoms with Crippen LogP contribution in [0.1, 0.15) is 18.4 Å². The number of pyridine rings is 1. The highest BCUT2D eigenvalue weighted by Crippen LogP contribution is 2.31. The van der Waals surface area contributed by atoms with Crippen LogP contribution in [0.4, 0.5) is 10.1 Å². The number of aryl methyl sites for hydroxylation is 1. The fraction of sp³-hybridized carbons (Fsp3) is 0.238. The van der Waals surface area contributed by atoms with Crippen LogP contribution in [0.3, 0.4) is 0 Å². The molecule has 3 aromatic rings. The molecule has 0 aliphatic carbocycles. The first-order valence-corrected chi connectivity index (χ1v) is 8.62. The number of amides is 1. The first-order valence-electron chi connectivity index (χ1n) is 8.62. The van der Waals surface area contributed by atoms with Gasteiger partial charge in [0.25, 0.3) is 0 Å². The van der Waals surface area contributed by atoms with E-state index in [2.05, 4.69) is 4.98 Å². The van der Waals surface area contributed by atoms with Crippen molar-refractivity contribution in [3.05, 3.63) is 53.8 Å². The molecule has 2 aromatic carbocycles. The average Bonchev–Trinajstić information content (AvgIpc) is 3.08. The smallest absolute Gasteiger partial charge is 0.227 e. The molecule has 0 bridgehead atoms. The lowest BCUT2D eigenvalue weighted by Crippen LogP contribution is -2.23. The van der Waals surface area contributed by atoms with Crippen LogP contribution in [0, 0.1) is 12.7 Å². The summed E-state index contributed by atoms with van der Waals surface area (Å²) in [5.41, 5.74) is 3.63. The number of fused-ring (bicyclic) bond motifs is 1. The predicted molar refractivity (Wildman–Crippen MR) is 100 cm³/mol. The van der Waals surface area contributed by atoms with Gasteiger partial charge >= 0.3 is 0 Å². The highest BCUT2D eigenvalue weighted by molar-refractivity contribution is 5.98. The lowest BCUT2D eigenvalue weighted by molar-refractivity contribution is -0.117. The molecule has 0 unspecified atom stereocenters. The van der Waals surface area contributed by atoms with Gasteiger partial charge in [-0.3, -0.25) is 4.79 Å². The third kappa shape index (κ3) is 2.79. The third-order valence-corrected chi connectivity index (χ3v) is 4.83. The maximum Gasteiger partial charge on any atom is 0.227 e. The minimum Gasteiger partial charge on any atom is -0.497 e. The Morgan fingerprint density at radius 2 is 2.00 bits per heavy atom. The van der Waals surface area contributed by atoms with E-state index in [0.29, 0.717) is 23.4 Å². The van der Waals surface area contributed by atoms with Crippen molar-refractivity contribution in [1.82, 2.24) is 4.98 Å². The van der Waals surface area contributed by atoms with Crippen LogP contribution < -0.4 is 9.64 Å². The van der Waals surface area contributed by atoms with Gasteiger partial charge in [-0.2, -0.15) is 0 Å². The van der Waals surface area contributed by atoms with Gasteiger partial charge in [-0.05, 0) is 61.4 Å². The van der Waals surface area contributed by atoms with Crippen molar-refractivity contribution < 1.29 is 13.9 Å². The van der Waals surface area contributed by atoms with Crippen LogP contribution in [0.15, 0.2) is 42.5 Å². The Hall–Kier alpha value is -2.95. The second kappa shape index (κ2) is 6.41. The second-order valence-electron chi connectivity index (χ2n) is 6.52. The number of methoxy groups -OCH3 is 1. The molecule has 4 rings (SSSR count). The van der Waals surface area contributed by atoms with E-state index in [1.807, 2.05) is 36.1 Å². The first-order chi connectivity index (χ1) is 12.6. The van der Waals surface area contributed by atoms with E-state index in [4.69, 9.17) is 4.74 Å². The maximum absolute atomic E-state index is 14.3. The number of anilines is 1. The number of benzene rings is 2. The Bertz CT molecular complexity index is 1020. The standard InChI is InChI=1S/C21H19FN2O2/c1-13-10-20(17-12-15(26-2)6-7-18(17)22)23-19-8-5-14(11-16(13)19)24-9-3-4-21(24)25/h5-8,10-12H,3-4,9H2,1-2H3. The molecule has 0 N–H and O–H groups in total. The normalized spacial score (nSPS) is 14.3. The first kappa shape index (κ1) is 16.5. The number of aromatic nitrogens is 1. The Morgan fingerprint density at radius 1 is 1.15 bits per heavy atom. The molecule has 1 aliphatic heterocycles. The molecule has 4 nitrogen and oxygen atoms in total. The molecule has 132 valence electrons. The summed E-state index contributed by atoms with van der Waals surface area (Å²) in [5.74, 6) is 0.408. The monoisotopic (exact) mass is 350 g/mol. The number of halogens is 1. The Balaban J connectivity index is 1.81. The fourth-order valence-electron chi connectivity index (χ4n) is 3.44. The van der Waals surface area contributed by atoms with Gasteiger partial charge in [0.2, 0.25) is 5.91 Å². The Labute approximate surface area is 151 Å². The molecule has 1 aliphatic rings. The number of rotatable bonds is 3. The van der Waals surface area contributed by atoms with Crippen molar-refractivity contribution in [3.63, 3.8) is 0 Å². The van der Waals surface area contributed by atoms with Gasteiger partial charge < -0.3 is 9.64 Å². The minimum absolute atomic E-state index is 0.157. The summed E-state index contributed by atoms with van der Waals surface area (Å²) in [6.07, 6.45) is 1.49. The summed E-state index contributed by atoms with van der Waals surface area (Å²) in [6, 6.07) is 12.3. The number of carbonyl (C=O) groups is 1. The second-order valence-corrected chi connectivity index (χ2v) is 6.52. The van der Waals surface area contributed by atoms with E-state index < -0.39 is 0 Å². The summed E-state index contributed by atoms with van der Waals surface area (Å²) >= 11 is 0. The van der Waals surface area contributed by atoms with E-state index in [9.17, 15) is 9.18 Å². The Morgan fingerprint density at radius 3 is 2.73 bits per heavy atom. The van der Waals surface area contributed by atoms with Crippen LogP contribution in [-0.4, -0.2) is 24.5 Å². The van der Waals surface area contributed by atoms with Crippen LogP contribution in [0.2, 0.25) is 0 Å². The Kier molecular flexibility index (Phi) is 4.07. The SMILES string of the molecule is COc1ccc(F)c(-c2cc(C)c3cc(N4CCCC4=O)ccc3n2)c1. The number of ether oxygens (including phenoxy) is 1. The summed E-state index contributed by atoms with van der Waals surface area (Å²) in [5, 5.41) is 0.967. The van der Waals surface area contributed by atoms with Gasteiger partial charge in [0, 0.05) is 29.6 Å². The van der Waals surface area contributed by atoms with Crippen LogP contribution in [0.5, 0.6) is 5.75 Å². The molecule has 5 heteroatoms. The summed E-state index contributed by atoms with van der Waals surface area (Å²) in [4.78, 5) is 18.4. The molecule has 0 spiro atoms. The molecule has 2 heterocycles. The summed E-state index contributed by atoms with van der Waals surface area (Å²) in [7, 11) is 1.55. The number of hydrogen-bond acceptors (Lipinski definition) is 3. The molecule has 1 aromatic heterocycles. The van der Waals surface area contributed by atoms with E-state index in [-0.39, 0.29) is 11.7 Å². The fourth-order valence-corrected chi connectivity index (χ4v) is 3.44. The van der Waals surface area contributed by atoms with Crippen LogP contribution in [-0.2, 0) is 4.79 Å². The van der Waals surface area contributed by atoms with Crippen molar-refractivity contribution in [3.8, 4) is 17.0 Å². The van der Waals surface area contributed by atoms with Crippen molar-refractivity contribution >= 4 is 22.5 Å². The van der Waals surface area contributed by atoms with Crippen molar-refractivity contribution in [1.29, 1.82) is 0 Å².